The first-order valence-electron chi connectivity index (χ1n) is 20.6. The van der Waals surface area contributed by atoms with Crippen LogP contribution in [0.4, 0.5) is 0 Å². The molecule has 9 nitrogen and oxygen atoms in total. The van der Waals surface area contributed by atoms with Gasteiger partial charge in [-0.2, -0.15) is 0 Å². The highest BCUT2D eigenvalue weighted by Gasteiger charge is 1.98. The number of hydrogen-bond donors (Lipinski definition) is 0. The lowest BCUT2D eigenvalue weighted by Gasteiger charge is -2.09. The summed E-state index contributed by atoms with van der Waals surface area (Å²) in [5, 5.41) is 0. The second-order valence-electron chi connectivity index (χ2n) is 12.9. The number of rotatable bonds is 46. The fraction of sp³-hybridized carbons (Fsp3) is 1.00. The molecule has 0 aliphatic rings. The number of hydrogen-bond acceptors (Lipinski definition) is 9. The smallest absolute Gasteiger partial charge is 0.0701 e. The van der Waals surface area contributed by atoms with Gasteiger partial charge in [0.2, 0.25) is 0 Å². The predicted octanol–water partition coefficient (Wildman–Crippen LogP) is 8.98. The van der Waals surface area contributed by atoms with Crippen LogP contribution in [0.3, 0.4) is 0 Å². The van der Waals surface area contributed by atoms with Gasteiger partial charge in [-0.15, -0.1) is 0 Å². The summed E-state index contributed by atoms with van der Waals surface area (Å²) in [6.45, 7) is 15.4. The Kier molecular flexibility index (Phi) is 47.3. The molecule has 0 saturated carbocycles. The molecule has 0 aliphatic heterocycles. The lowest BCUT2D eigenvalue weighted by atomic mass is 10.0. The number of ether oxygens (including phenoxy) is 9. The monoisotopic (exact) mass is 707 g/mol. The van der Waals surface area contributed by atoms with Crippen LogP contribution in [0.25, 0.3) is 0 Å². The summed E-state index contributed by atoms with van der Waals surface area (Å²) in [5.74, 6) is 0. The average molecular weight is 707 g/mol. The Hall–Kier alpha value is -0.360. The molecule has 0 aromatic rings. The summed E-state index contributed by atoms with van der Waals surface area (Å²) in [5.41, 5.74) is 0. The van der Waals surface area contributed by atoms with Gasteiger partial charge in [-0.1, -0.05) is 129 Å². The van der Waals surface area contributed by atoms with Crippen molar-refractivity contribution in [2.75, 3.05) is 119 Å². The maximum Gasteiger partial charge on any atom is 0.0701 e. The highest BCUT2D eigenvalue weighted by Crippen LogP contribution is 2.13. The Balaban J connectivity index is 3.04. The molecule has 0 aromatic heterocycles. The topological polar surface area (TPSA) is 83.1 Å². The molecule has 0 aromatic carbocycles. The maximum atomic E-state index is 5.69. The molecule has 0 heterocycles. The van der Waals surface area contributed by atoms with Crippen LogP contribution in [0.1, 0.15) is 142 Å². The van der Waals surface area contributed by atoms with Crippen molar-refractivity contribution in [2.24, 2.45) is 0 Å². The van der Waals surface area contributed by atoms with Gasteiger partial charge in [-0.25, -0.2) is 0 Å². The highest BCUT2D eigenvalue weighted by atomic mass is 16.6. The SMILES string of the molecule is CCCCCCCCCCCCCCCCCCOCCOCCOCCOCCOCCOCCOCCOCCOCCCCCC. The Morgan fingerprint density at radius 1 is 0.163 bits per heavy atom. The fourth-order valence-electron chi connectivity index (χ4n) is 5.24. The Morgan fingerprint density at radius 2 is 0.306 bits per heavy atom. The Morgan fingerprint density at radius 3 is 0.510 bits per heavy atom. The molecule has 0 bridgehead atoms. The molecule has 0 spiro atoms. The van der Waals surface area contributed by atoms with E-state index in [4.69, 9.17) is 42.6 Å². The zero-order valence-electron chi connectivity index (χ0n) is 32.5. The van der Waals surface area contributed by atoms with E-state index in [9.17, 15) is 0 Å². The molecule has 49 heavy (non-hydrogen) atoms. The standard InChI is InChI=1S/C40H82O9/c1-3-5-7-9-10-11-12-13-14-15-16-17-18-19-20-22-24-42-26-28-44-30-32-46-34-36-48-38-40-49-39-37-47-35-33-45-31-29-43-27-25-41-23-21-8-6-4-2/h3-40H2,1-2H3. The highest BCUT2D eigenvalue weighted by molar-refractivity contribution is 4.50. The second kappa shape index (κ2) is 47.6. The number of unbranched alkanes of at least 4 members (excludes halogenated alkanes) is 18. The van der Waals surface area contributed by atoms with Crippen LogP contribution in [0.2, 0.25) is 0 Å². The van der Waals surface area contributed by atoms with Crippen molar-refractivity contribution in [3.8, 4) is 0 Å². The first kappa shape index (κ1) is 48.6. The molecule has 0 amide bonds. The fourth-order valence-corrected chi connectivity index (χ4v) is 5.24. The van der Waals surface area contributed by atoms with E-state index in [-0.39, 0.29) is 0 Å². The van der Waals surface area contributed by atoms with Crippen molar-refractivity contribution in [3.05, 3.63) is 0 Å². The summed E-state index contributed by atoms with van der Waals surface area (Å²) in [7, 11) is 0. The van der Waals surface area contributed by atoms with Crippen LogP contribution >= 0.6 is 0 Å². The second-order valence-corrected chi connectivity index (χ2v) is 12.9. The minimum absolute atomic E-state index is 0.544. The lowest BCUT2D eigenvalue weighted by Crippen LogP contribution is -2.15. The van der Waals surface area contributed by atoms with E-state index in [0.29, 0.717) is 106 Å². The summed E-state index contributed by atoms with van der Waals surface area (Å²) < 4.78 is 49.9. The molecule has 0 aliphatic carbocycles. The van der Waals surface area contributed by atoms with Crippen molar-refractivity contribution < 1.29 is 42.6 Å². The molecule has 0 rings (SSSR count). The van der Waals surface area contributed by atoms with Crippen LogP contribution in [0.5, 0.6) is 0 Å². The molecule has 9 heteroatoms. The summed E-state index contributed by atoms with van der Waals surface area (Å²) >= 11 is 0. The first-order valence-corrected chi connectivity index (χ1v) is 20.6. The Labute approximate surface area is 303 Å². The molecule has 0 atom stereocenters. The van der Waals surface area contributed by atoms with Crippen LogP contribution in [0.15, 0.2) is 0 Å². The molecule has 0 fully saturated rings. The molecule has 0 unspecified atom stereocenters. The van der Waals surface area contributed by atoms with Crippen LogP contribution in [-0.4, -0.2) is 119 Å². The zero-order valence-corrected chi connectivity index (χ0v) is 32.5. The third-order valence-corrected chi connectivity index (χ3v) is 8.26. The predicted molar refractivity (Wildman–Crippen MR) is 201 cm³/mol. The quantitative estimate of drug-likeness (QED) is 0.0576. The van der Waals surface area contributed by atoms with E-state index in [0.717, 1.165) is 26.1 Å². The molecular formula is C40H82O9. The maximum absolute atomic E-state index is 5.69. The largest absolute Gasteiger partial charge is 0.379 e. The van der Waals surface area contributed by atoms with Gasteiger partial charge in [-0.3, -0.25) is 0 Å². The van der Waals surface area contributed by atoms with E-state index in [1.807, 2.05) is 0 Å². The van der Waals surface area contributed by atoms with Crippen molar-refractivity contribution in [1.29, 1.82) is 0 Å². The van der Waals surface area contributed by atoms with E-state index in [1.54, 1.807) is 0 Å². The minimum Gasteiger partial charge on any atom is -0.379 e. The molecular weight excluding hydrogens is 624 g/mol. The summed E-state index contributed by atoms with van der Waals surface area (Å²) in [6.07, 6.45) is 27.2. The average Bonchev–Trinajstić information content (AvgIpc) is 3.11. The van der Waals surface area contributed by atoms with Gasteiger partial charge >= 0.3 is 0 Å². The van der Waals surface area contributed by atoms with Crippen LogP contribution in [0, 0.1) is 0 Å². The van der Waals surface area contributed by atoms with Gasteiger partial charge in [-0.05, 0) is 12.8 Å². The van der Waals surface area contributed by atoms with E-state index < -0.39 is 0 Å². The van der Waals surface area contributed by atoms with Gasteiger partial charge in [0.05, 0.1) is 106 Å². The van der Waals surface area contributed by atoms with E-state index in [1.165, 1.54) is 116 Å². The van der Waals surface area contributed by atoms with Gasteiger partial charge in [0.1, 0.15) is 0 Å². The minimum atomic E-state index is 0.544. The van der Waals surface area contributed by atoms with E-state index >= 15 is 0 Å². The molecule has 296 valence electrons. The lowest BCUT2D eigenvalue weighted by molar-refractivity contribution is -0.0250. The Bertz CT molecular complexity index is 510. The van der Waals surface area contributed by atoms with Crippen molar-refractivity contribution >= 4 is 0 Å². The van der Waals surface area contributed by atoms with Gasteiger partial charge < -0.3 is 42.6 Å². The zero-order chi connectivity index (χ0) is 35.2. The summed E-state index contributed by atoms with van der Waals surface area (Å²) in [4.78, 5) is 0. The van der Waals surface area contributed by atoms with E-state index in [2.05, 4.69) is 13.8 Å². The van der Waals surface area contributed by atoms with Crippen molar-refractivity contribution in [3.63, 3.8) is 0 Å². The third-order valence-electron chi connectivity index (χ3n) is 8.26. The molecule has 0 radical (unpaired) electrons. The van der Waals surface area contributed by atoms with Crippen molar-refractivity contribution in [2.45, 2.75) is 142 Å². The van der Waals surface area contributed by atoms with Gasteiger partial charge in [0.15, 0.2) is 0 Å². The molecule has 0 N–H and O–H groups in total. The van der Waals surface area contributed by atoms with Crippen LogP contribution < -0.4 is 0 Å². The molecule has 0 saturated heterocycles. The van der Waals surface area contributed by atoms with Gasteiger partial charge in [0.25, 0.3) is 0 Å². The van der Waals surface area contributed by atoms with Crippen molar-refractivity contribution in [1.82, 2.24) is 0 Å². The van der Waals surface area contributed by atoms with Gasteiger partial charge in [0, 0.05) is 13.2 Å². The summed E-state index contributed by atoms with van der Waals surface area (Å²) in [6, 6.07) is 0. The normalized spacial score (nSPS) is 11.6. The third kappa shape index (κ3) is 47.6. The first-order chi connectivity index (χ1) is 24.4. The van der Waals surface area contributed by atoms with Crippen LogP contribution in [-0.2, 0) is 42.6 Å².